The molecule has 1 aromatic carbocycles. The van der Waals surface area contributed by atoms with E-state index in [0.29, 0.717) is 13.0 Å². The van der Waals surface area contributed by atoms with E-state index in [1.165, 1.54) is 12.1 Å². The molecule has 1 heterocycles. The summed E-state index contributed by atoms with van der Waals surface area (Å²) in [7, 11) is 0. The van der Waals surface area contributed by atoms with Crippen molar-refractivity contribution in [1.82, 2.24) is 4.90 Å². The van der Waals surface area contributed by atoms with Gasteiger partial charge in [-0.25, -0.2) is 4.39 Å². The van der Waals surface area contributed by atoms with Gasteiger partial charge in [-0.05, 0) is 31.4 Å². The third-order valence-electron chi connectivity index (χ3n) is 4.05. The quantitative estimate of drug-likeness (QED) is 0.811. The SMILES string of the molecule is CCCN(CC1CC(c2cccc(F)c2)=NO1)C(=O)C1CC1. The molecule has 1 aliphatic heterocycles. The molecule has 1 aliphatic carbocycles. The Morgan fingerprint density at radius 3 is 2.95 bits per heavy atom. The summed E-state index contributed by atoms with van der Waals surface area (Å²) in [6, 6.07) is 6.37. The van der Waals surface area contributed by atoms with Gasteiger partial charge in [0.15, 0.2) is 6.10 Å². The molecule has 1 unspecified atom stereocenters. The van der Waals surface area contributed by atoms with E-state index in [2.05, 4.69) is 12.1 Å². The van der Waals surface area contributed by atoms with Crippen molar-refractivity contribution in [3.05, 3.63) is 35.6 Å². The lowest BCUT2D eigenvalue weighted by Crippen LogP contribution is -2.39. The highest BCUT2D eigenvalue weighted by atomic mass is 19.1. The highest BCUT2D eigenvalue weighted by molar-refractivity contribution is 6.01. The normalized spacial score (nSPS) is 20.5. The largest absolute Gasteiger partial charge is 0.390 e. The zero-order chi connectivity index (χ0) is 15.5. The van der Waals surface area contributed by atoms with Crippen LogP contribution in [0.15, 0.2) is 29.4 Å². The molecule has 1 atom stereocenters. The van der Waals surface area contributed by atoms with E-state index in [-0.39, 0.29) is 23.7 Å². The number of carbonyl (C=O) groups is 1. The third-order valence-corrected chi connectivity index (χ3v) is 4.05. The lowest BCUT2D eigenvalue weighted by Gasteiger charge is -2.24. The summed E-state index contributed by atoms with van der Waals surface area (Å²) < 4.78 is 13.3. The van der Waals surface area contributed by atoms with Gasteiger partial charge in [0.1, 0.15) is 5.82 Å². The number of carbonyl (C=O) groups excluding carboxylic acids is 1. The Morgan fingerprint density at radius 1 is 1.45 bits per heavy atom. The Balaban J connectivity index is 1.59. The fourth-order valence-corrected chi connectivity index (χ4v) is 2.76. The maximum Gasteiger partial charge on any atom is 0.225 e. The molecule has 0 N–H and O–H groups in total. The molecular formula is C17H21FN2O2. The zero-order valence-corrected chi connectivity index (χ0v) is 12.8. The monoisotopic (exact) mass is 304 g/mol. The lowest BCUT2D eigenvalue weighted by molar-refractivity contribution is -0.134. The van der Waals surface area contributed by atoms with E-state index in [1.807, 2.05) is 11.0 Å². The van der Waals surface area contributed by atoms with Gasteiger partial charge in [0.05, 0.1) is 12.3 Å². The van der Waals surface area contributed by atoms with Crippen LogP contribution in [-0.2, 0) is 9.63 Å². The standard InChI is InChI=1S/C17H21FN2O2/c1-2-8-20(17(21)12-6-7-12)11-15-10-16(19-22-15)13-4-3-5-14(18)9-13/h3-5,9,12,15H,2,6-8,10-11H2,1H3. The summed E-state index contributed by atoms with van der Waals surface area (Å²) >= 11 is 0. The van der Waals surface area contributed by atoms with E-state index in [1.54, 1.807) is 6.07 Å². The smallest absolute Gasteiger partial charge is 0.225 e. The molecule has 4 nitrogen and oxygen atoms in total. The topological polar surface area (TPSA) is 41.9 Å². The van der Waals surface area contributed by atoms with Crippen LogP contribution in [0.2, 0.25) is 0 Å². The molecule has 1 amide bonds. The second-order valence-electron chi connectivity index (χ2n) is 6.04. The van der Waals surface area contributed by atoms with Crippen molar-refractivity contribution in [1.29, 1.82) is 0 Å². The Kier molecular flexibility index (Phi) is 4.41. The van der Waals surface area contributed by atoms with Gasteiger partial charge < -0.3 is 9.74 Å². The van der Waals surface area contributed by atoms with Crippen molar-refractivity contribution < 1.29 is 14.0 Å². The predicted octanol–water partition coefficient (Wildman–Crippen LogP) is 2.97. The molecule has 3 rings (SSSR count). The molecule has 0 bridgehead atoms. The average Bonchev–Trinajstić information content (AvgIpc) is 3.25. The summed E-state index contributed by atoms with van der Waals surface area (Å²) in [6.45, 7) is 3.38. The third kappa shape index (κ3) is 3.46. The van der Waals surface area contributed by atoms with Crippen molar-refractivity contribution in [3.8, 4) is 0 Å². The Morgan fingerprint density at radius 2 is 2.27 bits per heavy atom. The van der Waals surface area contributed by atoms with Crippen LogP contribution in [0.25, 0.3) is 0 Å². The molecule has 0 aromatic heterocycles. The van der Waals surface area contributed by atoms with Crippen LogP contribution in [0.3, 0.4) is 0 Å². The zero-order valence-electron chi connectivity index (χ0n) is 12.8. The first-order valence-electron chi connectivity index (χ1n) is 7.94. The van der Waals surface area contributed by atoms with E-state index in [9.17, 15) is 9.18 Å². The minimum Gasteiger partial charge on any atom is -0.390 e. The van der Waals surface area contributed by atoms with Crippen LogP contribution in [0.5, 0.6) is 0 Å². The Hall–Kier alpha value is -1.91. The van der Waals surface area contributed by atoms with Gasteiger partial charge in [-0.15, -0.1) is 0 Å². The van der Waals surface area contributed by atoms with E-state index in [4.69, 9.17) is 4.84 Å². The number of nitrogens with zero attached hydrogens (tertiary/aromatic N) is 2. The van der Waals surface area contributed by atoms with Gasteiger partial charge >= 0.3 is 0 Å². The van der Waals surface area contributed by atoms with Gasteiger partial charge in [0.25, 0.3) is 0 Å². The van der Waals surface area contributed by atoms with Gasteiger partial charge in [-0.3, -0.25) is 4.79 Å². The first-order valence-corrected chi connectivity index (χ1v) is 7.94. The maximum absolute atomic E-state index is 13.3. The number of oxime groups is 1. The van der Waals surface area contributed by atoms with Crippen LogP contribution in [0.4, 0.5) is 4.39 Å². The van der Waals surface area contributed by atoms with Crippen molar-refractivity contribution in [2.45, 2.75) is 38.7 Å². The highest BCUT2D eigenvalue weighted by Crippen LogP contribution is 2.31. The average molecular weight is 304 g/mol. The molecular weight excluding hydrogens is 283 g/mol. The van der Waals surface area contributed by atoms with Crippen LogP contribution < -0.4 is 0 Å². The summed E-state index contributed by atoms with van der Waals surface area (Å²) in [5.74, 6) is 0.182. The van der Waals surface area contributed by atoms with E-state index >= 15 is 0 Å². The molecule has 5 heteroatoms. The number of hydrogen-bond donors (Lipinski definition) is 0. The van der Waals surface area contributed by atoms with Crippen molar-refractivity contribution in [3.63, 3.8) is 0 Å². The summed E-state index contributed by atoms with van der Waals surface area (Å²) in [5.41, 5.74) is 1.50. The number of rotatable bonds is 6. The minimum absolute atomic E-state index is 0.132. The molecule has 1 fully saturated rings. The van der Waals surface area contributed by atoms with Crippen LogP contribution in [-0.4, -0.2) is 35.7 Å². The van der Waals surface area contributed by atoms with Crippen molar-refractivity contribution in [2.75, 3.05) is 13.1 Å². The number of halogens is 1. The second kappa shape index (κ2) is 6.46. The Labute approximate surface area is 129 Å². The molecule has 1 saturated carbocycles. The van der Waals surface area contributed by atoms with E-state index < -0.39 is 0 Å². The molecule has 0 radical (unpaired) electrons. The number of hydrogen-bond acceptors (Lipinski definition) is 3. The molecule has 1 aromatic rings. The summed E-state index contributed by atoms with van der Waals surface area (Å²) in [5, 5.41) is 4.07. The molecule has 2 aliphatic rings. The first kappa shape index (κ1) is 15.0. The van der Waals surface area contributed by atoms with Gasteiger partial charge in [0.2, 0.25) is 5.91 Å². The van der Waals surface area contributed by atoms with Gasteiger partial charge in [-0.2, -0.15) is 0 Å². The lowest BCUT2D eigenvalue weighted by atomic mass is 10.0. The predicted molar refractivity (Wildman–Crippen MR) is 82.0 cm³/mol. The van der Waals surface area contributed by atoms with Crippen molar-refractivity contribution in [2.24, 2.45) is 11.1 Å². The number of amides is 1. The van der Waals surface area contributed by atoms with E-state index in [0.717, 1.165) is 37.1 Å². The first-order chi connectivity index (χ1) is 10.7. The summed E-state index contributed by atoms with van der Waals surface area (Å²) in [6.07, 6.45) is 3.43. The Bertz CT molecular complexity index is 584. The fourth-order valence-electron chi connectivity index (χ4n) is 2.76. The summed E-state index contributed by atoms with van der Waals surface area (Å²) in [4.78, 5) is 19.6. The van der Waals surface area contributed by atoms with Gasteiger partial charge in [0, 0.05) is 24.4 Å². The minimum atomic E-state index is -0.278. The molecule has 22 heavy (non-hydrogen) atoms. The fraction of sp³-hybridized carbons (Fsp3) is 0.529. The second-order valence-corrected chi connectivity index (χ2v) is 6.04. The van der Waals surface area contributed by atoms with Gasteiger partial charge in [-0.1, -0.05) is 24.2 Å². The van der Waals surface area contributed by atoms with Crippen LogP contribution >= 0.6 is 0 Å². The maximum atomic E-state index is 13.3. The highest BCUT2D eigenvalue weighted by Gasteiger charge is 2.35. The molecule has 0 spiro atoms. The number of benzene rings is 1. The molecule has 0 saturated heterocycles. The molecule has 118 valence electrons. The van der Waals surface area contributed by atoms with Crippen LogP contribution in [0.1, 0.15) is 38.2 Å². The van der Waals surface area contributed by atoms with Crippen LogP contribution in [0, 0.1) is 11.7 Å². The van der Waals surface area contributed by atoms with Crippen molar-refractivity contribution >= 4 is 11.6 Å².